The monoisotopic (exact) mass is 190 g/mol. The van der Waals surface area contributed by atoms with Gasteiger partial charge in [0, 0.05) is 5.56 Å². The summed E-state index contributed by atoms with van der Waals surface area (Å²) in [5, 5.41) is 0. The third kappa shape index (κ3) is 2.88. The van der Waals surface area contributed by atoms with E-state index in [1.54, 1.807) is 0 Å². The molecule has 1 aliphatic heterocycles. The first-order valence-electron chi connectivity index (χ1n) is 4.26. The summed E-state index contributed by atoms with van der Waals surface area (Å²) in [4.78, 5) is 16.2. The SMILES string of the molecule is C1=Cc2ccccc2OCC1.O=C=O. The van der Waals surface area contributed by atoms with Crippen LogP contribution < -0.4 is 4.74 Å². The topological polar surface area (TPSA) is 43.4 Å². The summed E-state index contributed by atoms with van der Waals surface area (Å²) in [5.41, 5.74) is 1.19. The van der Waals surface area contributed by atoms with Gasteiger partial charge in [-0.25, -0.2) is 0 Å². The van der Waals surface area contributed by atoms with Gasteiger partial charge in [-0.3, -0.25) is 0 Å². The van der Waals surface area contributed by atoms with Crippen molar-refractivity contribution < 1.29 is 14.3 Å². The predicted molar refractivity (Wildman–Crippen MR) is 50.6 cm³/mol. The molecule has 1 aromatic carbocycles. The van der Waals surface area contributed by atoms with Crippen LogP contribution in [-0.4, -0.2) is 12.8 Å². The molecule has 14 heavy (non-hydrogen) atoms. The summed E-state index contributed by atoms with van der Waals surface area (Å²) in [6.07, 6.45) is 5.52. The first kappa shape index (κ1) is 10.2. The smallest absolute Gasteiger partial charge is 0.373 e. The van der Waals surface area contributed by atoms with E-state index < -0.39 is 0 Å². The second kappa shape index (κ2) is 5.73. The van der Waals surface area contributed by atoms with Gasteiger partial charge in [-0.05, 0) is 12.5 Å². The van der Waals surface area contributed by atoms with Crippen molar-refractivity contribution in [3.05, 3.63) is 35.9 Å². The van der Waals surface area contributed by atoms with Crippen LogP contribution in [0.1, 0.15) is 12.0 Å². The quantitative estimate of drug-likeness (QED) is 0.627. The molecule has 0 saturated heterocycles. The van der Waals surface area contributed by atoms with E-state index in [9.17, 15) is 0 Å². The minimum atomic E-state index is 0.250. The summed E-state index contributed by atoms with van der Waals surface area (Å²) in [6.45, 7) is 0.799. The lowest BCUT2D eigenvalue weighted by molar-refractivity contribution is -0.191. The summed E-state index contributed by atoms with van der Waals surface area (Å²) in [5.74, 6) is 1.00. The van der Waals surface area contributed by atoms with E-state index in [-0.39, 0.29) is 6.15 Å². The van der Waals surface area contributed by atoms with E-state index in [1.165, 1.54) is 5.56 Å². The molecule has 3 nitrogen and oxygen atoms in total. The number of benzene rings is 1. The number of para-hydroxylation sites is 1. The number of carbonyl (C=O) groups excluding carboxylic acids is 2. The lowest BCUT2D eigenvalue weighted by Crippen LogP contribution is -1.94. The van der Waals surface area contributed by atoms with Crippen molar-refractivity contribution in [2.45, 2.75) is 6.42 Å². The minimum Gasteiger partial charge on any atom is -0.493 e. The minimum absolute atomic E-state index is 0.250. The highest BCUT2D eigenvalue weighted by atomic mass is 16.5. The van der Waals surface area contributed by atoms with E-state index in [0.29, 0.717) is 0 Å². The van der Waals surface area contributed by atoms with Crippen molar-refractivity contribution in [2.24, 2.45) is 0 Å². The van der Waals surface area contributed by atoms with E-state index >= 15 is 0 Å². The normalized spacial score (nSPS) is 12.3. The van der Waals surface area contributed by atoms with Gasteiger partial charge in [-0.15, -0.1) is 0 Å². The molecule has 1 heterocycles. The lowest BCUT2D eigenvalue weighted by Gasteiger charge is -2.03. The average molecular weight is 190 g/mol. The van der Waals surface area contributed by atoms with Crippen LogP contribution in [0.3, 0.4) is 0 Å². The molecule has 72 valence electrons. The Labute approximate surface area is 82.0 Å². The predicted octanol–water partition coefficient (Wildman–Crippen LogP) is 1.90. The Bertz CT molecular complexity index is 349. The van der Waals surface area contributed by atoms with Gasteiger partial charge in [0.2, 0.25) is 0 Å². The molecule has 0 saturated carbocycles. The Morgan fingerprint density at radius 1 is 1.21 bits per heavy atom. The van der Waals surface area contributed by atoms with Gasteiger partial charge in [0.1, 0.15) is 5.75 Å². The summed E-state index contributed by atoms with van der Waals surface area (Å²) < 4.78 is 5.49. The Morgan fingerprint density at radius 3 is 2.71 bits per heavy atom. The van der Waals surface area contributed by atoms with Crippen molar-refractivity contribution >= 4 is 12.2 Å². The molecule has 0 spiro atoms. The number of hydrogen-bond acceptors (Lipinski definition) is 3. The molecule has 2 rings (SSSR count). The Hall–Kier alpha value is -1.86. The van der Waals surface area contributed by atoms with Crippen LogP contribution in [0.5, 0.6) is 5.75 Å². The van der Waals surface area contributed by atoms with Crippen LogP contribution in [0.15, 0.2) is 30.3 Å². The molecule has 0 aromatic heterocycles. The highest BCUT2D eigenvalue weighted by molar-refractivity contribution is 5.57. The number of ether oxygens (including phenoxy) is 1. The van der Waals surface area contributed by atoms with E-state index in [1.807, 2.05) is 18.2 Å². The maximum Gasteiger partial charge on any atom is 0.373 e. The highest BCUT2D eigenvalue weighted by Crippen LogP contribution is 2.21. The van der Waals surface area contributed by atoms with Gasteiger partial charge in [0.15, 0.2) is 0 Å². The molecular formula is C11H10O3. The molecule has 0 N–H and O–H groups in total. The first-order valence-corrected chi connectivity index (χ1v) is 4.26. The summed E-state index contributed by atoms with van der Waals surface area (Å²) in [6, 6.07) is 8.10. The molecule has 1 aromatic rings. The van der Waals surface area contributed by atoms with Gasteiger partial charge >= 0.3 is 6.15 Å². The molecule has 0 radical (unpaired) electrons. The van der Waals surface area contributed by atoms with Crippen molar-refractivity contribution in [1.29, 1.82) is 0 Å². The van der Waals surface area contributed by atoms with Gasteiger partial charge in [0.25, 0.3) is 0 Å². The standard InChI is InChI=1S/C10H10O.CO2/c1-2-7-10-9(5-1)6-3-4-8-11-10;2-1-3/h1-3,5-7H,4,8H2;. The second-order valence-corrected chi connectivity index (χ2v) is 2.66. The van der Waals surface area contributed by atoms with Crippen molar-refractivity contribution in [3.8, 4) is 5.75 Å². The fraction of sp³-hybridized carbons (Fsp3) is 0.182. The van der Waals surface area contributed by atoms with Crippen LogP contribution >= 0.6 is 0 Å². The highest BCUT2D eigenvalue weighted by Gasteiger charge is 2.00. The molecule has 0 amide bonds. The Morgan fingerprint density at radius 2 is 1.93 bits per heavy atom. The largest absolute Gasteiger partial charge is 0.493 e. The third-order valence-corrected chi connectivity index (χ3v) is 1.76. The Balaban J connectivity index is 0.000000293. The average Bonchev–Trinajstić information content (AvgIpc) is 2.43. The maximum absolute atomic E-state index is 8.12. The van der Waals surface area contributed by atoms with Gasteiger partial charge in [-0.1, -0.05) is 30.4 Å². The molecule has 0 aliphatic carbocycles. The van der Waals surface area contributed by atoms with Gasteiger partial charge < -0.3 is 4.74 Å². The van der Waals surface area contributed by atoms with E-state index in [4.69, 9.17) is 14.3 Å². The Kier molecular flexibility index (Phi) is 4.18. The van der Waals surface area contributed by atoms with Crippen LogP contribution in [0.2, 0.25) is 0 Å². The second-order valence-electron chi connectivity index (χ2n) is 2.66. The fourth-order valence-corrected chi connectivity index (χ4v) is 1.20. The lowest BCUT2D eigenvalue weighted by atomic mass is 10.2. The molecule has 0 unspecified atom stereocenters. The number of fused-ring (bicyclic) bond motifs is 1. The summed E-state index contributed by atoms with van der Waals surface area (Å²) >= 11 is 0. The van der Waals surface area contributed by atoms with Crippen LogP contribution in [-0.2, 0) is 9.59 Å². The van der Waals surface area contributed by atoms with Crippen LogP contribution in [0.25, 0.3) is 6.08 Å². The zero-order valence-corrected chi connectivity index (χ0v) is 7.60. The molecule has 0 fully saturated rings. The molecule has 1 aliphatic rings. The van der Waals surface area contributed by atoms with Gasteiger partial charge in [-0.2, -0.15) is 9.59 Å². The van der Waals surface area contributed by atoms with Crippen LogP contribution in [0, 0.1) is 0 Å². The van der Waals surface area contributed by atoms with E-state index in [2.05, 4.69) is 18.2 Å². The zero-order chi connectivity index (χ0) is 10.2. The maximum atomic E-state index is 8.12. The van der Waals surface area contributed by atoms with Crippen molar-refractivity contribution in [3.63, 3.8) is 0 Å². The molecule has 0 bridgehead atoms. The molecule has 0 atom stereocenters. The molecular weight excluding hydrogens is 180 g/mol. The fourth-order valence-electron chi connectivity index (χ4n) is 1.20. The van der Waals surface area contributed by atoms with Crippen LogP contribution in [0.4, 0.5) is 0 Å². The third-order valence-electron chi connectivity index (χ3n) is 1.76. The van der Waals surface area contributed by atoms with Crippen molar-refractivity contribution in [2.75, 3.05) is 6.61 Å². The number of rotatable bonds is 0. The zero-order valence-electron chi connectivity index (χ0n) is 7.60. The number of hydrogen-bond donors (Lipinski definition) is 0. The first-order chi connectivity index (χ1) is 6.88. The summed E-state index contributed by atoms with van der Waals surface area (Å²) in [7, 11) is 0. The van der Waals surface area contributed by atoms with E-state index in [0.717, 1.165) is 18.8 Å². The van der Waals surface area contributed by atoms with Gasteiger partial charge in [0.05, 0.1) is 6.61 Å². The molecule has 3 heteroatoms. The van der Waals surface area contributed by atoms with Crippen molar-refractivity contribution in [1.82, 2.24) is 0 Å².